The predicted molar refractivity (Wildman–Crippen MR) is 76.7 cm³/mol. The first-order chi connectivity index (χ1) is 9.17. The van der Waals surface area contributed by atoms with Gasteiger partial charge in [-0.2, -0.15) is 0 Å². The zero-order valence-electron chi connectivity index (χ0n) is 11.7. The number of hydrogen-bond acceptors (Lipinski definition) is 3. The smallest absolute Gasteiger partial charge is 0.160 e. The van der Waals surface area contributed by atoms with Crippen molar-refractivity contribution in [3.8, 4) is 0 Å². The summed E-state index contributed by atoms with van der Waals surface area (Å²) in [5.41, 5.74) is 2.02. The molecule has 0 saturated carbocycles. The summed E-state index contributed by atoms with van der Waals surface area (Å²) in [6.45, 7) is 2.00. The molecule has 1 unspecified atom stereocenters. The van der Waals surface area contributed by atoms with Crippen molar-refractivity contribution in [2.24, 2.45) is 0 Å². The molecule has 0 spiro atoms. The Kier molecular flexibility index (Phi) is 7.11. The molecule has 3 heteroatoms. The number of rotatable bonds is 7. The Bertz CT molecular complexity index is 405. The van der Waals surface area contributed by atoms with Crippen molar-refractivity contribution >= 4 is 0 Å². The van der Waals surface area contributed by atoms with Crippen LogP contribution >= 0.6 is 0 Å². The van der Waals surface area contributed by atoms with Crippen molar-refractivity contribution in [2.75, 3.05) is 14.2 Å². The van der Waals surface area contributed by atoms with Gasteiger partial charge in [-0.25, -0.2) is 0 Å². The van der Waals surface area contributed by atoms with Gasteiger partial charge in [-0.3, -0.25) is 0 Å². The summed E-state index contributed by atoms with van der Waals surface area (Å²) in [5.74, 6) is 0. The SMILES string of the molecule is COC(CC(C)=CC=CC(O)c1ccccc1)OC. The van der Waals surface area contributed by atoms with E-state index in [0.717, 1.165) is 11.1 Å². The van der Waals surface area contributed by atoms with Gasteiger partial charge in [0.2, 0.25) is 0 Å². The fraction of sp³-hybridized carbons (Fsp3) is 0.375. The maximum Gasteiger partial charge on any atom is 0.160 e. The number of benzene rings is 1. The van der Waals surface area contributed by atoms with Crippen molar-refractivity contribution in [2.45, 2.75) is 25.7 Å². The second-order valence-electron chi connectivity index (χ2n) is 4.36. The van der Waals surface area contributed by atoms with Crippen molar-refractivity contribution in [1.82, 2.24) is 0 Å². The van der Waals surface area contributed by atoms with Gasteiger partial charge in [-0.15, -0.1) is 0 Å². The molecule has 1 atom stereocenters. The van der Waals surface area contributed by atoms with E-state index in [2.05, 4.69) is 0 Å². The highest BCUT2D eigenvalue weighted by atomic mass is 16.7. The molecule has 0 saturated heterocycles. The van der Waals surface area contributed by atoms with Crippen molar-refractivity contribution in [1.29, 1.82) is 0 Å². The van der Waals surface area contributed by atoms with Crippen LogP contribution in [0.3, 0.4) is 0 Å². The zero-order valence-corrected chi connectivity index (χ0v) is 11.7. The topological polar surface area (TPSA) is 38.7 Å². The molecule has 19 heavy (non-hydrogen) atoms. The summed E-state index contributed by atoms with van der Waals surface area (Å²) in [6, 6.07) is 9.55. The van der Waals surface area contributed by atoms with Gasteiger partial charge >= 0.3 is 0 Å². The van der Waals surface area contributed by atoms with Gasteiger partial charge in [-0.05, 0) is 12.5 Å². The van der Waals surface area contributed by atoms with E-state index in [9.17, 15) is 5.11 Å². The predicted octanol–water partition coefficient (Wildman–Crippen LogP) is 3.23. The summed E-state index contributed by atoms with van der Waals surface area (Å²) in [5, 5.41) is 9.94. The van der Waals surface area contributed by atoms with Crippen LogP contribution in [0.15, 0.2) is 54.1 Å². The van der Waals surface area contributed by atoms with Crippen molar-refractivity contribution in [3.05, 3.63) is 59.7 Å². The van der Waals surface area contributed by atoms with Crippen molar-refractivity contribution < 1.29 is 14.6 Å². The van der Waals surface area contributed by atoms with E-state index in [1.165, 1.54) is 0 Å². The van der Waals surface area contributed by atoms with Gasteiger partial charge in [-0.1, -0.05) is 54.1 Å². The molecule has 0 aromatic heterocycles. The third-order valence-electron chi connectivity index (χ3n) is 2.83. The highest BCUT2D eigenvalue weighted by molar-refractivity contribution is 5.22. The number of methoxy groups -OCH3 is 2. The van der Waals surface area contributed by atoms with Gasteiger partial charge < -0.3 is 14.6 Å². The van der Waals surface area contributed by atoms with Gasteiger partial charge in [0.05, 0.1) is 6.10 Å². The average molecular weight is 262 g/mol. The van der Waals surface area contributed by atoms with Crippen LogP contribution in [0.1, 0.15) is 25.0 Å². The second-order valence-corrected chi connectivity index (χ2v) is 4.36. The van der Waals surface area contributed by atoms with Gasteiger partial charge in [0, 0.05) is 20.6 Å². The van der Waals surface area contributed by atoms with Crippen molar-refractivity contribution in [3.63, 3.8) is 0 Å². The first-order valence-corrected chi connectivity index (χ1v) is 6.30. The third kappa shape index (κ3) is 5.83. The van der Waals surface area contributed by atoms with E-state index < -0.39 is 6.10 Å². The molecule has 3 nitrogen and oxygen atoms in total. The fourth-order valence-corrected chi connectivity index (χ4v) is 1.68. The van der Waals surface area contributed by atoms with Gasteiger partial charge in [0.1, 0.15) is 0 Å². The van der Waals surface area contributed by atoms with Crippen LogP contribution in [0.4, 0.5) is 0 Å². The monoisotopic (exact) mass is 262 g/mol. The zero-order chi connectivity index (χ0) is 14.1. The summed E-state index contributed by atoms with van der Waals surface area (Å²) in [7, 11) is 3.24. The Morgan fingerprint density at radius 3 is 2.42 bits per heavy atom. The molecule has 1 aromatic rings. The summed E-state index contributed by atoms with van der Waals surface area (Å²) in [6.07, 6.45) is 5.48. The molecule has 1 N–H and O–H groups in total. The molecule has 104 valence electrons. The first-order valence-electron chi connectivity index (χ1n) is 6.30. The number of ether oxygens (including phenoxy) is 2. The van der Waals surface area contributed by atoms with Crippen LogP contribution in [0.2, 0.25) is 0 Å². The van der Waals surface area contributed by atoms with E-state index in [0.29, 0.717) is 6.42 Å². The molecular weight excluding hydrogens is 240 g/mol. The molecule has 0 aliphatic rings. The highest BCUT2D eigenvalue weighted by Crippen LogP contribution is 2.14. The molecule has 0 aliphatic carbocycles. The maximum atomic E-state index is 9.94. The van der Waals surface area contributed by atoms with E-state index >= 15 is 0 Å². The molecule has 1 rings (SSSR count). The van der Waals surface area contributed by atoms with Gasteiger partial charge in [0.15, 0.2) is 6.29 Å². The Hall–Kier alpha value is -1.42. The lowest BCUT2D eigenvalue weighted by molar-refractivity contribution is -0.100. The van der Waals surface area contributed by atoms with Gasteiger partial charge in [0.25, 0.3) is 0 Å². The molecule has 0 amide bonds. The molecule has 0 aliphatic heterocycles. The molecule has 0 heterocycles. The number of aliphatic hydroxyl groups excluding tert-OH is 1. The summed E-state index contributed by atoms with van der Waals surface area (Å²) >= 11 is 0. The Labute approximate surface area is 115 Å². The van der Waals surface area contributed by atoms with E-state index in [1.54, 1.807) is 20.3 Å². The highest BCUT2D eigenvalue weighted by Gasteiger charge is 2.05. The minimum absolute atomic E-state index is 0.219. The number of allylic oxidation sites excluding steroid dienone is 2. The standard InChI is InChI=1S/C16H22O3/c1-13(12-16(18-2)19-3)8-7-11-15(17)14-9-5-4-6-10-14/h4-11,15-17H,12H2,1-3H3. The Balaban J connectivity index is 2.52. The summed E-state index contributed by atoms with van der Waals surface area (Å²) < 4.78 is 10.3. The lowest BCUT2D eigenvalue weighted by atomic mass is 10.1. The molecule has 0 fully saturated rings. The summed E-state index contributed by atoms with van der Waals surface area (Å²) in [4.78, 5) is 0. The Morgan fingerprint density at radius 1 is 1.21 bits per heavy atom. The van der Waals surface area contributed by atoms with E-state index in [4.69, 9.17) is 9.47 Å². The third-order valence-corrected chi connectivity index (χ3v) is 2.83. The van der Waals surface area contributed by atoms with E-state index in [-0.39, 0.29) is 6.29 Å². The Morgan fingerprint density at radius 2 is 1.84 bits per heavy atom. The number of hydrogen-bond donors (Lipinski definition) is 1. The quantitative estimate of drug-likeness (QED) is 0.605. The largest absolute Gasteiger partial charge is 0.384 e. The fourth-order valence-electron chi connectivity index (χ4n) is 1.68. The second kappa shape index (κ2) is 8.64. The van der Waals surface area contributed by atoms with Crippen LogP contribution in [0.5, 0.6) is 0 Å². The minimum atomic E-state index is -0.578. The van der Waals surface area contributed by atoms with Crippen LogP contribution in [0.25, 0.3) is 0 Å². The average Bonchev–Trinajstić information content (AvgIpc) is 2.45. The normalized spacial score (nSPS) is 14.3. The maximum absolute atomic E-state index is 9.94. The molecule has 1 aromatic carbocycles. The van der Waals surface area contributed by atoms with Crippen LogP contribution in [-0.2, 0) is 9.47 Å². The first kappa shape index (κ1) is 15.6. The molecular formula is C16H22O3. The van der Waals surface area contributed by atoms with Crippen LogP contribution < -0.4 is 0 Å². The minimum Gasteiger partial charge on any atom is -0.384 e. The lowest BCUT2D eigenvalue weighted by Crippen LogP contribution is -2.12. The number of aliphatic hydroxyl groups is 1. The van der Waals surface area contributed by atoms with E-state index in [1.807, 2.05) is 49.4 Å². The molecule has 0 bridgehead atoms. The van der Waals surface area contributed by atoms with Crippen LogP contribution in [-0.4, -0.2) is 25.6 Å². The lowest BCUT2D eigenvalue weighted by Gasteiger charge is -2.12. The molecule has 0 radical (unpaired) electrons. The van der Waals surface area contributed by atoms with Crippen LogP contribution in [0, 0.1) is 0 Å².